The first-order chi connectivity index (χ1) is 9.40. The lowest BCUT2D eigenvalue weighted by Crippen LogP contribution is -2.19. The Bertz CT molecular complexity index is 394. The van der Waals surface area contributed by atoms with Crippen molar-refractivity contribution >= 4 is 16.9 Å². The summed E-state index contributed by atoms with van der Waals surface area (Å²) in [4.78, 5) is 4.59. The molecular formula is C15H22N2OS. The van der Waals surface area contributed by atoms with Crippen LogP contribution in [0.4, 0.5) is 0 Å². The van der Waals surface area contributed by atoms with E-state index in [9.17, 15) is 0 Å². The van der Waals surface area contributed by atoms with Crippen molar-refractivity contribution in [3.8, 4) is 0 Å². The number of nitrogens with one attached hydrogen (secondary N) is 1. The minimum absolute atomic E-state index is 0.404. The molecule has 1 aromatic carbocycles. The first kappa shape index (κ1) is 14.4. The molecule has 0 bridgehead atoms. The SMILES string of the molecule is CCCOCCCN=C1NC(c2ccccc2)CS1. The molecule has 4 heteroatoms. The molecule has 0 aromatic heterocycles. The summed E-state index contributed by atoms with van der Waals surface area (Å²) < 4.78 is 5.44. The van der Waals surface area contributed by atoms with Gasteiger partial charge in [0.05, 0.1) is 6.04 Å². The standard InChI is InChI=1S/C15H22N2OS/c1-2-10-18-11-6-9-16-15-17-14(12-19-15)13-7-4-3-5-8-13/h3-5,7-8,14H,2,6,9-12H2,1H3,(H,16,17). The fourth-order valence-electron chi connectivity index (χ4n) is 1.94. The first-order valence-electron chi connectivity index (χ1n) is 6.96. The highest BCUT2D eigenvalue weighted by atomic mass is 32.2. The van der Waals surface area contributed by atoms with Gasteiger partial charge in [0.15, 0.2) is 5.17 Å². The minimum atomic E-state index is 0.404. The highest BCUT2D eigenvalue weighted by Gasteiger charge is 2.20. The molecule has 1 heterocycles. The van der Waals surface area contributed by atoms with E-state index in [1.54, 1.807) is 0 Å². The summed E-state index contributed by atoms with van der Waals surface area (Å²) >= 11 is 1.81. The molecule has 1 aliphatic rings. The zero-order chi connectivity index (χ0) is 13.3. The maximum absolute atomic E-state index is 5.44. The molecule has 1 aliphatic heterocycles. The lowest BCUT2D eigenvalue weighted by atomic mass is 10.1. The van der Waals surface area contributed by atoms with E-state index in [4.69, 9.17) is 4.74 Å². The van der Waals surface area contributed by atoms with Gasteiger partial charge in [-0.15, -0.1) is 0 Å². The highest BCUT2D eigenvalue weighted by molar-refractivity contribution is 8.14. The van der Waals surface area contributed by atoms with Gasteiger partial charge in [0, 0.05) is 25.5 Å². The topological polar surface area (TPSA) is 33.6 Å². The van der Waals surface area contributed by atoms with Crippen LogP contribution in [0.2, 0.25) is 0 Å². The molecule has 1 atom stereocenters. The highest BCUT2D eigenvalue weighted by Crippen LogP contribution is 2.25. The lowest BCUT2D eigenvalue weighted by Gasteiger charge is -2.09. The zero-order valence-corrected chi connectivity index (χ0v) is 12.3. The Kier molecular flexibility index (Phi) is 6.24. The molecule has 2 rings (SSSR count). The quantitative estimate of drug-likeness (QED) is 0.777. The molecule has 1 fully saturated rings. The van der Waals surface area contributed by atoms with Crippen LogP contribution < -0.4 is 5.32 Å². The van der Waals surface area contributed by atoms with Crippen LogP contribution in [0.3, 0.4) is 0 Å². The maximum atomic E-state index is 5.44. The summed E-state index contributed by atoms with van der Waals surface area (Å²) in [6.45, 7) is 4.65. The Balaban J connectivity index is 1.70. The second-order valence-electron chi connectivity index (χ2n) is 4.57. The van der Waals surface area contributed by atoms with Crippen LogP contribution in [0.15, 0.2) is 35.3 Å². The van der Waals surface area contributed by atoms with Gasteiger partial charge in [0.25, 0.3) is 0 Å². The summed E-state index contributed by atoms with van der Waals surface area (Å²) in [6.07, 6.45) is 2.09. The first-order valence-corrected chi connectivity index (χ1v) is 7.95. The number of aliphatic imine (C=N–C) groups is 1. The normalized spacial score (nSPS) is 20.7. The van der Waals surface area contributed by atoms with Gasteiger partial charge < -0.3 is 10.1 Å². The van der Waals surface area contributed by atoms with Gasteiger partial charge in [-0.1, -0.05) is 49.0 Å². The van der Waals surface area contributed by atoms with Crippen LogP contribution in [0.25, 0.3) is 0 Å². The third-order valence-corrected chi connectivity index (χ3v) is 3.96. The molecule has 1 N–H and O–H groups in total. The van der Waals surface area contributed by atoms with Crippen molar-refractivity contribution in [1.29, 1.82) is 0 Å². The fraction of sp³-hybridized carbons (Fsp3) is 0.533. The molecule has 0 saturated carbocycles. The molecule has 1 saturated heterocycles. The largest absolute Gasteiger partial charge is 0.381 e. The predicted molar refractivity (Wildman–Crippen MR) is 82.8 cm³/mol. The number of amidine groups is 1. The molecule has 1 aromatic rings. The molecule has 0 spiro atoms. The van der Waals surface area contributed by atoms with Gasteiger partial charge in [-0.25, -0.2) is 0 Å². The van der Waals surface area contributed by atoms with Crippen LogP contribution in [0.1, 0.15) is 31.4 Å². The summed E-state index contributed by atoms with van der Waals surface area (Å²) in [5, 5.41) is 4.55. The molecule has 3 nitrogen and oxygen atoms in total. The van der Waals surface area contributed by atoms with Crippen molar-refractivity contribution in [3.05, 3.63) is 35.9 Å². The van der Waals surface area contributed by atoms with E-state index < -0.39 is 0 Å². The van der Waals surface area contributed by atoms with Gasteiger partial charge in [-0.3, -0.25) is 4.99 Å². The van der Waals surface area contributed by atoms with Crippen molar-refractivity contribution in [2.24, 2.45) is 4.99 Å². The molecule has 1 unspecified atom stereocenters. The predicted octanol–water partition coefficient (Wildman–Crippen LogP) is 3.24. The van der Waals surface area contributed by atoms with Crippen molar-refractivity contribution in [2.45, 2.75) is 25.8 Å². The van der Waals surface area contributed by atoms with Crippen molar-refractivity contribution in [1.82, 2.24) is 5.32 Å². The zero-order valence-electron chi connectivity index (χ0n) is 11.5. The number of rotatable bonds is 7. The fourth-order valence-corrected chi connectivity index (χ4v) is 2.95. The third-order valence-electron chi connectivity index (χ3n) is 2.94. The van der Waals surface area contributed by atoms with Crippen LogP contribution in [0.5, 0.6) is 0 Å². The van der Waals surface area contributed by atoms with Crippen LogP contribution in [-0.4, -0.2) is 30.7 Å². The molecule has 0 radical (unpaired) electrons. The Morgan fingerprint density at radius 3 is 2.95 bits per heavy atom. The Morgan fingerprint density at radius 2 is 2.16 bits per heavy atom. The summed E-state index contributed by atoms with van der Waals surface area (Å²) in [5.41, 5.74) is 1.34. The number of benzene rings is 1. The van der Waals surface area contributed by atoms with Crippen LogP contribution in [-0.2, 0) is 4.74 Å². The van der Waals surface area contributed by atoms with E-state index in [-0.39, 0.29) is 0 Å². The summed E-state index contributed by atoms with van der Waals surface area (Å²) in [6, 6.07) is 11.0. The van der Waals surface area contributed by atoms with Crippen molar-refractivity contribution in [2.75, 3.05) is 25.5 Å². The summed E-state index contributed by atoms with van der Waals surface area (Å²) in [7, 11) is 0. The minimum Gasteiger partial charge on any atom is -0.381 e. The van der Waals surface area contributed by atoms with E-state index in [2.05, 4.69) is 47.6 Å². The molecule has 104 valence electrons. The Labute approximate surface area is 119 Å². The number of hydrogen-bond acceptors (Lipinski definition) is 3. The van der Waals surface area contributed by atoms with Gasteiger partial charge in [-0.05, 0) is 18.4 Å². The smallest absolute Gasteiger partial charge is 0.157 e. The Morgan fingerprint density at radius 1 is 1.32 bits per heavy atom. The van der Waals surface area contributed by atoms with E-state index >= 15 is 0 Å². The van der Waals surface area contributed by atoms with Gasteiger partial charge in [-0.2, -0.15) is 0 Å². The monoisotopic (exact) mass is 278 g/mol. The third kappa shape index (κ3) is 4.88. The Hall–Kier alpha value is -1.00. The second kappa shape index (κ2) is 8.23. The maximum Gasteiger partial charge on any atom is 0.157 e. The average Bonchev–Trinajstić information content (AvgIpc) is 2.92. The van der Waals surface area contributed by atoms with E-state index in [1.807, 2.05) is 11.8 Å². The van der Waals surface area contributed by atoms with Gasteiger partial charge >= 0.3 is 0 Å². The van der Waals surface area contributed by atoms with Crippen LogP contribution in [0, 0.1) is 0 Å². The number of nitrogens with zero attached hydrogens (tertiary/aromatic N) is 1. The van der Waals surface area contributed by atoms with E-state index in [0.29, 0.717) is 6.04 Å². The lowest BCUT2D eigenvalue weighted by molar-refractivity contribution is 0.134. The van der Waals surface area contributed by atoms with Gasteiger partial charge in [0.1, 0.15) is 0 Å². The van der Waals surface area contributed by atoms with E-state index in [0.717, 1.165) is 43.5 Å². The number of ether oxygens (including phenoxy) is 1. The summed E-state index contributed by atoms with van der Waals surface area (Å²) in [5.74, 6) is 1.06. The number of hydrogen-bond donors (Lipinski definition) is 1. The molecular weight excluding hydrogens is 256 g/mol. The molecule has 19 heavy (non-hydrogen) atoms. The number of thioether (sulfide) groups is 1. The average molecular weight is 278 g/mol. The van der Waals surface area contributed by atoms with Crippen molar-refractivity contribution in [3.63, 3.8) is 0 Å². The van der Waals surface area contributed by atoms with Crippen LogP contribution >= 0.6 is 11.8 Å². The van der Waals surface area contributed by atoms with Gasteiger partial charge in [0.2, 0.25) is 0 Å². The van der Waals surface area contributed by atoms with Crippen molar-refractivity contribution < 1.29 is 4.74 Å². The van der Waals surface area contributed by atoms with E-state index in [1.165, 1.54) is 5.56 Å². The second-order valence-corrected chi connectivity index (χ2v) is 5.58. The molecule has 0 aliphatic carbocycles. The molecule has 0 amide bonds.